The predicted molar refractivity (Wildman–Crippen MR) is 310 cm³/mol. The fourth-order valence-corrected chi connectivity index (χ4v) is 13.4. The van der Waals surface area contributed by atoms with Crippen molar-refractivity contribution in [3.63, 3.8) is 0 Å². The van der Waals surface area contributed by atoms with Crippen LogP contribution in [-0.2, 0) is 22.4 Å². The molecular formula is C54H42N8O8S6. The number of rotatable bonds is 19. The van der Waals surface area contributed by atoms with Crippen molar-refractivity contribution in [3.05, 3.63) is 199 Å². The number of methoxy groups -OCH3 is 2. The number of hydrogen-bond donors (Lipinski definition) is 2. The molecule has 6 aromatic carbocycles. The summed E-state index contributed by atoms with van der Waals surface area (Å²) in [6, 6.07) is 41.5. The fourth-order valence-electron chi connectivity index (χ4n) is 8.67. The molecule has 0 saturated carbocycles. The summed E-state index contributed by atoms with van der Waals surface area (Å²) in [5.41, 5.74) is 7.77. The number of nitrogens with one attached hydrogen (secondary N) is 2. The molecule has 76 heavy (non-hydrogen) atoms. The number of hydrogen-bond acceptors (Lipinski definition) is 18. The summed E-state index contributed by atoms with van der Waals surface area (Å²) in [5, 5.41) is 33.5. The summed E-state index contributed by atoms with van der Waals surface area (Å²) >= 11 is 16.9. The van der Waals surface area contributed by atoms with Crippen LogP contribution >= 0.6 is 70.6 Å². The van der Waals surface area contributed by atoms with E-state index in [1.165, 1.54) is 80.3 Å². The van der Waals surface area contributed by atoms with E-state index >= 15 is 0 Å². The number of aromatic nitrogens is 2. The van der Waals surface area contributed by atoms with Gasteiger partial charge < -0.3 is 20.1 Å². The molecule has 0 spiro atoms. The van der Waals surface area contributed by atoms with Gasteiger partial charge in [-0.05, 0) is 108 Å². The number of nitro groups is 2. The molecule has 22 heteroatoms. The summed E-state index contributed by atoms with van der Waals surface area (Å²) in [5.74, 6) is 0.983. The SMILES string of the molecule is COc1ccc(-c2csc(NC(c3ccc([N+](=O)[O-])cc3)C3SC(=S)N(c4ccc(CCc5ccc(N6C(=O)C(C(Nc7nc(-c8ccc(OC)cc8)cs7)c7ccc([N+](=O)[O-])cc7)SC6=S)cc5)cc4)C3=O)n2)cc1. The highest BCUT2D eigenvalue weighted by Gasteiger charge is 2.45. The summed E-state index contributed by atoms with van der Waals surface area (Å²) in [4.78, 5) is 63.6. The number of nitrogens with zero attached hydrogens (tertiary/aromatic N) is 6. The molecule has 8 aromatic rings. The zero-order valence-electron chi connectivity index (χ0n) is 40.1. The second-order valence-corrected chi connectivity index (χ2v) is 22.5. The summed E-state index contributed by atoms with van der Waals surface area (Å²) < 4.78 is 11.4. The molecule has 2 aliphatic rings. The van der Waals surface area contributed by atoms with Gasteiger partial charge >= 0.3 is 0 Å². The molecular weight excluding hydrogens is 1080 g/mol. The Hall–Kier alpha value is -7.60. The standard InChI is InChI=1S/C54H42N8O8S6/c1-69-41-25-13-33(14-26-41)43-29-73-51(55-43)57-45(35-9-21-39(22-10-35)61(65)66)47-49(63)59(53(71)75-47)37-17-5-31(6-18-37)3-4-32-7-19-38(20-8-32)60-50(64)48(76-54(60)72)46(36-11-23-40(24-12-36)62(67)68)58-52-56-44(30-74-52)34-15-27-42(70-2)28-16-34/h5-30,45-48H,3-4H2,1-2H3,(H,55,57)(H,56,58). The number of amides is 2. The third-order valence-corrected chi connectivity index (χ3v) is 17.4. The number of benzene rings is 6. The maximum Gasteiger partial charge on any atom is 0.269 e. The Labute approximate surface area is 462 Å². The van der Waals surface area contributed by atoms with Crippen LogP contribution in [0, 0.1) is 20.2 Å². The van der Waals surface area contributed by atoms with Gasteiger partial charge in [0, 0.05) is 46.2 Å². The number of ether oxygens (including phenoxy) is 2. The van der Waals surface area contributed by atoms with E-state index in [2.05, 4.69) is 10.6 Å². The van der Waals surface area contributed by atoms with Crippen molar-refractivity contribution >= 4 is 124 Å². The molecule has 4 heterocycles. The first-order valence-corrected chi connectivity index (χ1v) is 27.7. The summed E-state index contributed by atoms with van der Waals surface area (Å²) in [7, 11) is 3.21. The largest absolute Gasteiger partial charge is 0.497 e. The van der Waals surface area contributed by atoms with Gasteiger partial charge in [-0.2, -0.15) is 0 Å². The Morgan fingerprint density at radius 2 is 0.908 bits per heavy atom. The number of non-ortho nitro benzene ring substituents is 2. The van der Waals surface area contributed by atoms with Crippen molar-refractivity contribution in [2.24, 2.45) is 0 Å². The molecule has 16 nitrogen and oxygen atoms in total. The number of thiocarbonyl (C=S) groups is 2. The van der Waals surface area contributed by atoms with E-state index in [0.29, 0.717) is 54.2 Å². The first-order valence-electron chi connectivity index (χ1n) is 23.3. The van der Waals surface area contributed by atoms with Crippen LogP contribution in [0.1, 0.15) is 34.3 Å². The summed E-state index contributed by atoms with van der Waals surface area (Å²) in [6.45, 7) is 0. The van der Waals surface area contributed by atoms with Crippen molar-refractivity contribution in [2.75, 3.05) is 34.7 Å². The maximum atomic E-state index is 14.4. The quantitative estimate of drug-likeness (QED) is 0.0440. The highest BCUT2D eigenvalue weighted by Crippen LogP contribution is 2.43. The van der Waals surface area contributed by atoms with Crippen molar-refractivity contribution in [1.82, 2.24) is 9.97 Å². The smallest absolute Gasteiger partial charge is 0.269 e. The van der Waals surface area contributed by atoms with E-state index in [-0.39, 0.29) is 23.2 Å². The Balaban J connectivity index is 0.799. The highest BCUT2D eigenvalue weighted by atomic mass is 32.2. The van der Waals surface area contributed by atoms with Crippen LogP contribution in [0.3, 0.4) is 0 Å². The molecule has 2 aromatic heterocycles. The molecule has 2 saturated heterocycles. The second-order valence-electron chi connectivity index (χ2n) is 17.3. The number of carbonyl (C=O) groups excluding carboxylic acids is 2. The van der Waals surface area contributed by atoms with E-state index in [9.17, 15) is 29.8 Å². The molecule has 0 aliphatic carbocycles. The molecule has 382 valence electrons. The van der Waals surface area contributed by atoms with Gasteiger partial charge in [-0.15, -0.1) is 22.7 Å². The Bertz CT molecular complexity index is 3240. The van der Waals surface area contributed by atoms with Crippen LogP contribution in [0.2, 0.25) is 0 Å². The zero-order valence-corrected chi connectivity index (χ0v) is 45.0. The fraction of sp³-hybridized carbons (Fsp3) is 0.148. The topological polar surface area (TPSA) is 195 Å². The van der Waals surface area contributed by atoms with Gasteiger partial charge in [-0.3, -0.25) is 39.6 Å². The third kappa shape index (κ3) is 11.2. The minimum absolute atomic E-state index is 0.0647. The van der Waals surface area contributed by atoms with Gasteiger partial charge in [0.05, 0.1) is 58.9 Å². The molecule has 2 N–H and O–H groups in total. The third-order valence-electron chi connectivity index (χ3n) is 12.7. The first-order chi connectivity index (χ1) is 36.8. The van der Waals surface area contributed by atoms with E-state index in [0.717, 1.165) is 45.1 Å². The van der Waals surface area contributed by atoms with Crippen LogP contribution in [0.5, 0.6) is 11.5 Å². The van der Waals surface area contributed by atoms with Crippen molar-refractivity contribution in [1.29, 1.82) is 0 Å². The maximum absolute atomic E-state index is 14.4. The number of thioether (sulfide) groups is 2. The molecule has 0 radical (unpaired) electrons. The van der Waals surface area contributed by atoms with Crippen LogP contribution in [0.4, 0.5) is 33.0 Å². The Kier molecular flexibility index (Phi) is 15.5. The van der Waals surface area contributed by atoms with Crippen molar-refractivity contribution in [2.45, 2.75) is 35.4 Å². The lowest BCUT2D eigenvalue weighted by atomic mass is 10.0. The molecule has 0 bridgehead atoms. The zero-order chi connectivity index (χ0) is 53.0. The van der Waals surface area contributed by atoms with Gasteiger partial charge in [0.25, 0.3) is 11.4 Å². The molecule has 4 unspecified atom stereocenters. The number of nitro benzene ring substituents is 2. The van der Waals surface area contributed by atoms with E-state index in [4.69, 9.17) is 43.9 Å². The minimum Gasteiger partial charge on any atom is -0.497 e. The van der Waals surface area contributed by atoms with E-state index in [1.54, 1.807) is 38.5 Å². The molecule has 2 amide bonds. The molecule has 4 atom stereocenters. The van der Waals surface area contributed by atoms with Gasteiger partial charge in [0.15, 0.2) is 10.3 Å². The average molecular weight is 1120 g/mol. The van der Waals surface area contributed by atoms with Crippen LogP contribution < -0.4 is 29.9 Å². The monoisotopic (exact) mass is 1120 g/mol. The Morgan fingerprint density at radius 1 is 0.553 bits per heavy atom. The van der Waals surface area contributed by atoms with Gasteiger partial charge in [0.1, 0.15) is 30.6 Å². The van der Waals surface area contributed by atoms with Crippen LogP contribution in [0.15, 0.2) is 156 Å². The van der Waals surface area contributed by atoms with Gasteiger partial charge in [-0.25, -0.2) is 9.97 Å². The lowest BCUT2D eigenvalue weighted by Crippen LogP contribution is -2.35. The number of thiazole rings is 2. The van der Waals surface area contributed by atoms with Crippen molar-refractivity contribution < 1.29 is 28.9 Å². The summed E-state index contributed by atoms with van der Waals surface area (Å²) in [6.07, 6.45) is 1.37. The second kappa shape index (κ2) is 22.7. The van der Waals surface area contributed by atoms with Crippen LogP contribution in [0.25, 0.3) is 22.5 Å². The predicted octanol–water partition coefficient (Wildman–Crippen LogP) is 12.7. The highest BCUT2D eigenvalue weighted by molar-refractivity contribution is 8.25. The van der Waals surface area contributed by atoms with E-state index < -0.39 is 32.4 Å². The van der Waals surface area contributed by atoms with E-state index in [1.807, 2.05) is 108 Å². The van der Waals surface area contributed by atoms with Gasteiger partial charge in [0.2, 0.25) is 11.8 Å². The number of carbonyl (C=O) groups is 2. The van der Waals surface area contributed by atoms with Crippen molar-refractivity contribution in [3.8, 4) is 34.0 Å². The van der Waals surface area contributed by atoms with Crippen LogP contribution in [-0.4, -0.2) is 65.0 Å². The van der Waals surface area contributed by atoms with Gasteiger partial charge in [-0.1, -0.05) is 96.5 Å². The normalized spacial score (nSPS) is 16.2. The average Bonchev–Trinajstić information content (AvgIpc) is 4.26. The number of anilines is 4. The lowest BCUT2D eigenvalue weighted by Gasteiger charge is -2.23. The molecule has 2 fully saturated rings. The first kappa shape index (κ1) is 51.9. The molecule has 10 rings (SSSR count). The lowest BCUT2D eigenvalue weighted by molar-refractivity contribution is -0.385. The Morgan fingerprint density at radius 3 is 1.24 bits per heavy atom. The number of aryl methyl sites for hydroxylation is 2. The molecule has 2 aliphatic heterocycles. The minimum atomic E-state index is -0.712.